The molecule has 0 spiro atoms. The van der Waals surface area contributed by atoms with Crippen LogP contribution in [0.2, 0.25) is 0 Å². The Balaban J connectivity index is 1.54. The molecule has 0 bridgehead atoms. The fourth-order valence-corrected chi connectivity index (χ4v) is 3.61. The molecule has 162 valence electrons. The van der Waals surface area contributed by atoms with Gasteiger partial charge >= 0.3 is 0 Å². The fraction of sp³-hybridized carbons (Fsp3) is 0.318. The van der Waals surface area contributed by atoms with Gasteiger partial charge in [0.15, 0.2) is 0 Å². The van der Waals surface area contributed by atoms with Crippen molar-refractivity contribution in [2.45, 2.75) is 25.8 Å². The number of likely N-dealkylation sites (tertiary alicyclic amines) is 1. The minimum Gasteiger partial charge on any atom is -0.353 e. The van der Waals surface area contributed by atoms with Gasteiger partial charge in [-0.3, -0.25) is 24.5 Å². The first-order valence-electron chi connectivity index (χ1n) is 10.1. The summed E-state index contributed by atoms with van der Waals surface area (Å²) in [6.07, 6.45) is 1.24. The summed E-state index contributed by atoms with van der Waals surface area (Å²) in [5.41, 5.74) is 1.20. The number of carbonyl (C=O) groups is 3. The summed E-state index contributed by atoms with van der Waals surface area (Å²) in [7, 11) is 0. The van der Waals surface area contributed by atoms with Gasteiger partial charge in [0, 0.05) is 42.4 Å². The lowest BCUT2D eigenvalue weighted by Crippen LogP contribution is -2.47. The van der Waals surface area contributed by atoms with Gasteiger partial charge in [0.2, 0.25) is 5.91 Å². The Bertz CT molecular complexity index is 993. The average Bonchev–Trinajstić information content (AvgIpc) is 3.26. The molecule has 3 amide bonds. The molecule has 1 fully saturated rings. The van der Waals surface area contributed by atoms with Crippen LogP contribution in [0.5, 0.6) is 0 Å². The van der Waals surface area contributed by atoms with Crippen molar-refractivity contribution < 1.29 is 19.3 Å². The lowest BCUT2D eigenvalue weighted by atomic mass is 10.1. The van der Waals surface area contributed by atoms with Gasteiger partial charge in [0.05, 0.1) is 4.92 Å². The summed E-state index contributed by atoms with van der Waals surface area (Å²) in [5, 5.41) is 16.5. The number of rotatable bonds is 7. The van der Waals surface area contributed by atoms with Crippen molar-refractivity contribution >= 4 is 23.4 Å². The predicted octanol–water partition coefficient (Wildman–Crippen LogP) is 2.05. The van der Waals surface area contributed by atoms with Crippen molar-refractivity contribution in [2.75, 3.05) is 19.6 Å². The summed E-state index contributed by atoms with van der Waals surface area (Å²) in [4.78, 5) is 49.5. The molecule has 0 radical (unpaired) electrons. The van der Waals surface area contributed by atoms with Gasteiger partial charge < -0.3 is 15.5 Å². The molecule has 3 rings (SSSR count). The molecule has 9 nitrogen and oxygen atoms in total. The molecule has 2 aromatic carbocycles. The Kier molecular flexibility index (Phi) is 6.96. The van der Waals surface area contributed by atoms with E-state index in [0.29, 0.717) is 36.1 Å². The number of nitrogens with zero attached hydrogens (tertiary/aromatic N) is 2. The molecular formula is C22H24N4O5. The van der Waals surface area contributed by atoms with E-state index >= 15 is 0 Å². The second-order valence-corrected chi connectivity index (χ2v) is 7.33. The topological polar surface area (TPSA) is 122 Å². The first-order chi connectivity index (χ1) is 14.9. The molecule has 0 aliphatic carbocycles. The monoisotopic (exact) mass is 424 g/mol. The minimum atomic E-state index is -0.604. The van der Waals surface area contributed by atoms with Crippen LogP contribution in [0.1, 0.15) is 39.1 Å². The molecular weight excluding hydrogens is 400 g/mol. The molecule has 31 heavy (non-hydrogen) atoms. The van der Waals surface area contributed by atoms with Crippen molar-refractivity contribution in [3.8, 4) is 0 Å². The highest BCUT2D eigenvalue weighted by atomic mass is 16.6. The second kappa shape index (κ2) is 9.84. The Hall–Kier alpha value is -3.75. The molecule has 2 N–H and O–H groups in total. The molecule has 1 atom stereocenters. The van der Waals surface area contributed by atoms with Crippen LogP contribution in [0.4, 0.5) is 5.69 Å². The van der Waals surface area contributed by atoms with Crippen molar-refractivity contribution in [2.24, 2.45) is 0 Å². The molecule has 9 heteroatoms. The Morgan fingerprint density at radius 2 is 1.77 bits per heavy atom. The highest BCUT2D eigenvalue weighted by Crippen LogP contribution is 2.24. The third-order valence-electron chi connectivity index (χ3n) is 5.20. The van der Waals surface area contributed by atoms with Gasteiger partial charge in [0.1, 0.15) is 6.04 Å². The summed E-state index contributed by atoms with van der Waals surface area (Å²) in [6, 6.07) is 12.4. The normalized spacial score (nSPS) is 15.4. The largest absolute Gasteiger partial charge is 0.353 e. The van der Waals surface area contributed by atoms with Gasteiger partial charge in [0.25, 0.3) is 17.5 Å². The quantitative estimate of drug-likeness (QED) is 0.400. The number of nitro groups is 1. The van der Waals surface area contributed by atoms with E-state index < -0.39 is 11.0 Å². The molecule has 1 heterocycles. The zero-order valence-electron chi connectivity index (χ0n) is 17.2. The Morgan fingerprint density at radius 3 is 2.45 bits per heavy atom. The fourth-order valence-electron chi connectivity index (χ4n) is 3.61. The van der Waals surface area contributed by atoms with Crippen molar-refractivity contribution in [3.05, 3.63) is 75.3 Å². The van der Waals surface area contributed by atoms with Crippen LogP contribution in [0, 0.1) is 17.0 Å². The van der Waals surface area contributed by atoms with Crippen molar-refractivity contribution in [1.82, 2.24) is 15.5 Å². The first kappa shape index (κ1) is 21.9. The number of hydrogen-bond acceptors (Lipinski definition) is 5. The zero-order chi connectivity index (χ0) is 22.4. The highest BCUT2D eigenvalue weighted by molar-refractivity contribution is 5.98. The van der Waals surface area contributed by atoms with Gasteiger partial charge in [-0.25, -0.2) is 0 Å². The van der Waals surface area contributed by atoms with Gasteiger partial charge in [-0.05, 0) is 44.0 Å². The molecule has 1 aliphatic heterocycles. The van der Waals surface area contributed by atoms with Crippen LogP contribution in [0.3, 0.4) is 0 Å². The SMILES string of the molecule is Cc1cc(C(=O)N2CCCC2C(=O)NCCNC(=O)c2ccccc2)ccc1[N+](=O)[O-]. The predicted molar refractivity (Wildman–Crippen MR) is 114 cm³/mol. The molecule has 0 saturated carbocycles. The number of benzene rings is 2. The third kappa shape index (κ3) is 5.25. The van der Waals surface area contributed by atoms with Gasteiger partial charge in [-0.1, -0.05) is 18.2 Å². The van der Waals surface area contributed by atoms with Crippen LogP contribution >= 0.6 is 0 Å². The zero-order valence-corrected chi connectivity index (χ0v) is 17.2. The number of amides is 3. The molecule has 0 aromatic heterocycles. The van der Waals surface area contributed by atoms with Crippen LogP contribution in [-0.4, -0.2) is 53.2 Å². The van der Waals surface area contributed by atoms with Crippen molar-refractivity contribution in [3.63, 3.8) is 0 Å². The molecule has 2 aromatic rings. The molecule has 1 saturated heterocycles. The lowest BCUT2D eigenvalue weighted by Gasteiger charge is -2.24. The Labute approximate surface area is 179 Å². The van der Waals surface area contributed by atoms with E-state index in [4.69, 9.17) is 0 Å². The number of aryl methyl sites for hydroxylation is 1. The van der Waals surface area contributed by atoms with E-state index in [1.54, 1.807) is 31.2 Å². The maximum Gasteiger partial charge on any atom is 0.272 e. The second-order valence-electron chi connectivity index (χ2n) is 7.33. The third-order valence-corrected chi connectivity index (χ3v) is 5.20. The van der Waals surface area contributed by atoms with E-state index in [-0.39, 0.29) is 36.5 Å². The van der Waals surface area contributed by atoms with Gasteiger partial charge in [-0.2, -0.15) is 0 Å². The summed E-state index contributed by atoms with van der Waals surface area (Å²) < 4.78 is 0. The first-order valence-corrected chi connectivity index (χ1v) is 10.1. The summed E-state index contributed by atoms with van der Waals surface area (Å²) in [6.45, 7) is 2.53. The molecule has 1 aliphatic rings. The number of nitrogens with one attached hydrogen (secondary N) is 2. The number of hydrogen-bond donors (Lipinski definition) is 2. The highest BCUT2D eigenvalue weighted by Gasteiger charge is 2.34. The van der Waals surface area contributed by atoms with E-state index in [2.05, 4.69) is 10.6 Å². The number of nitro benzene ring substituents is 1. The minimum absolute atomic E-state index is 0.0511. The van der Waals surface area contributed by atoms with Crippen LogP contribution in [0.15, 0.2) is 48.5 Å². The van der Waals surface area contributed by atoms with E-state index in [9.17, 15) is 24.5 Å². The van der Waals surface area contributed by atoms with Crippen LogP contribution < -0.4 is 10.6 Å². The lowest BCUT2D eigenvalue weighted by molar-refractivity contribution is -0.385. The Morgan fingerprint density at radius 1 is 1.06 bits per heavy atom. The maximum atomic E-state index is 12.9. The summed E-state index contributed by atoms with van der Waals surface area (Å²) >= 11 is 0. The molecule has 1 unspecified atom stereocenters. The van der Waals surface area contributed by atoms with E-state index in [0.717, 1.165) is 0 Å². The van der Waals surface area contributed by atoms with Crippen LogP contribution in [-0.2, 0) is 4.79 Å². The van der Waals surface area contributed by atoms with Crippen molar-refractivity contribution in [1.29, 1.82) is 0 Å². The van der Waals surface area contributed by atoms with Crippen LogP contribution in [0.25, 0.3) is 0 Å². The average molecular weight is 424 g/mol. The van der Waals surface area contributed by atoms with E-state index in [1.165, 1.54) is 23.1 Å². The number of carbonyl (C=O) groups excluding carboxylic acids is 3. The standard InChI is InChI=1S/C22H24N4O5/c1-15-14-17(9-10-18(15)26(30)31)22(29)25-13-5-8-19(25)21(28)24-12-11-23-20(27)16-6-3-2-4-7-16/h2-4,6-7,9-10,14,19H,5,8,11-13H2,1H3,(H,23,27)(H,24,28). The smallest absolute Gasteiger partial charge is 0.272 e. The maximum absolute atomic E-state index is 12.9. The van der Waals surface area contributed by atoms with E-state index in [1.807, 2.05) is 6.07 Å². The summed E-state index contributed by atoms with van der Waals surface area (Å²) in [5.74, 6) is -0.826. The van der Waals surface area contributed by atoms with Gasteiger partial charge in [-0.15, -0.1) is 0 Å².